The van der Waals surface area contributed by atoms with Gasteiger partial charge in [-0.05, 0) is 44.9 Å². The van der Waals surface area contributed by atoms with Crippen LogP contribution in [0, 0.1) is 0 Å². The maximum absolute atomic E-state index is 13.5. The highest BCUT2D eigenvalue weighted by atomic mass is 16.8. The minimum absolute atomic E-state index is 0.202. The van der Waals surface area contributed by atoms with Crippen molar-refractivity contribution in [3.63, 3.8) is 0 Å². The number of aliphatic hydroxyl groups excluding tert-OH is 11. The van der Waals surface area contributed by atoms with E-state index in [9.17, 15) is 75.7 Å². The van der Waals surface area contributed by atoms with Gasteiger partial charge in [-0.25, -0.2) is 4.79 Å². The van der Waals surface area contributed by atoms with Gasteiger partial charge in [0.1, 0.15) is 67.1 Å². The normalized spacial score (nSPS) is 27.7. The predicted molar refractivity (Wildman–Crippen MR) is 366 cm³/mol. The number of rotatable bonds is 58. The Balaban J connectivity index is 1.48. The van der Waals surface area contributed by atoms with Crippen molar-refractivity contribution in [2.75, 3.05) is 26.4 Å². The number of aliphatic carboxylic acids is 1. The summed E-state index contributed by atoms with van der Waals surface area (Å²) in [6.45, 7) is 2.14. The first-order chi connectivity index (χ1) is 46.4. The number of hydrogen-bond donors (Lipinski definition) is 14. The SMILES string of the molecule is CCCCCCCCCCCC/C=C/C(O)C(COC1OC(CO)C(OC2OC(CO)C(O)C(OC3(C(=O)O)CC(O)C(NC(C)=O)C(C(O)C(O)CO)O3)C2O)C(O)C1O)NC(=O)CCCCCCCCCCCCCCCC/C=C\CCCCCCCCCCCCCC. The minimum atomic E-state index is -3.08. The second-order valence-electron chi connectivity index (χ2n) is 27.5. The van der Waals surface area contributed by atoms with Gasteiger partial charge in [-0.2, -0.15) is 0 Å². The van der Waals surface area contributed by atoms with Crippen LogP contribution in [0.3, 0.4) is 0 Å². The summed E-state index contributed by atoms with van der Waals surface area (Å²) in [7, 11) is 0. The standard InChI is InChI=1S/C73H134N2O21/c1-4-6-8-10-12-14-16-18-19-20-21-22-23-24-25-26-27-28-29-30-31-32-33-34-35-37-39-41-43-45-47-60(83)75-54(55(80)46-44-42-40-38-36-17-15-13-11-9-7-5-2)52-91-70-65(87)64(86)67(59(51-78)93-70)94-71-66(88)69(63(85)58(50-77)92-71)96-73(72(89)90)48-56(81)61(74-53(3)79)68(95-73)62(84)57(82)49-76/h24-25,44,46,54-59,61-71,76-78,80-82,84-88H,4-23,26-43,45,47-52H2,1-3H3,(H,74,79)(H,75,83)(H,89,90)/b25-24-,46-44+. The van der Waals surface area contributed by atoms with Crippen LogP contribution >= 0.6 is 0 Å². The van der Waals surface area contributed by atoms with Crippen LogP contribution in [-0.2, 0) is 42.8 Å². The molecule has 3 rings (SSSR count). The Morgan fingerprint density at radius 3 is 1.42 bits per heavy atom. The van der Waals surface area contributed by atoms with E-state index in [1.54, 1.807) is 6.08 Å². The van der Waals surface area contributed by atoms with Crippen molar-refractivity contribution >= 4 is 17.8 Å². The highest BCUT2D eigenvalue weighted by Gasteiger charge is 2.60. The molecular weight excluding hydrogens is 1240 g/mol. The number of carbonyl (C=O) groups is 3. The zero-order chi connectivity index (χ0) is 70.4. The van der Waals surface area contributed by atoms with E-state index < -0.39 is 155 Å². The molecule has 0 aromatic carbocycles. The number of hydrogen-bond acceptors (Lipinski definition) is 20. The third-order valence-electron chi connectivity index (χ3n) is 19.1. The first-order valence-corrected chi connectivity index (χ1v) is 37.7. The molecule has 18 atom stereocenters. The van der Waals surface area contributed by atoms with Crippen LogP contribution in [0.5, 0.6) is 0 Å². The number of aliphatic hydroxyl groups is 11. The lowest BCUT2D eigenvalue weighted by Crippen LogP contribution is -2.70. The van der Waals surface area contributed by atoms with Crippen LogP contribution in [-0.4, -0.2) is 215 Å². The van der Waals surface area contributed by atoms with Crippen molar-refractivity contribution < 1.29 is 104 Å². The molecule has 3 aliphatic heterocycles. The quantitative estimate of drug-likeness (QED) is 0.0201. The van der Waals surface area contributed by atoms with Crippen LogP contribution in [0.25, 0.3) is 0 Å². The zero-order valence-electron chi connectivity index (χ0n) is 59.0. The second kappa shape index (κ2) is 53.1. The van der Waals surface area contributed by atoms with E-state index in [0.717, 1.165) is 51.9 Å². The summed E-state index contributed by atoms with van der Waals surface area (Å²) >= 11 is 0. The Labute approximate surface area is 574 Å². The van der Waals surface area contributed by atoms with Crippen molar-refractivity contribution in [1.29, 1.82) is 0 Å². The number of carboxylic acids is 1. The fourth-order valence-electron chi connectivity index (χ4n) is 13.1. The van der Waals surface area contributed by atoms with Crippen LogP contribution < -0.4 is 10.6 Å². The van der Waals surface area contributed by atoms with Crippen molar-refractivity contribution in [1.82, 2.24) is 10.6 Å². The first-order valence-electron chi connectivity index (χ1n) is 37.7. The van der Waals surface area contributed by atoms with Gasteiger partial charge < -0.3 is 100 Å². The molecule has 0 aromatic heterocycles. The molecule has 0 aliphatic carbocycles. The molecule has 0 radical (unpaired) electrons. The molecule has 96 heavy (non-hydrogen) atoms. The number of carbonyl (C=O) groups excluding carboxylic acids is 2. The molecule has 2 amide bonds. The van der Waals surface area contributed by atoms with E-state index in [0.29, 0.717) is 12.8 Å². The van der Waals surface area contributed by atoms with Crippen molar-refractivity contribution in [2.24, 2.45) is 0 Å². The number of ether oxygens (including phenoxy) is 6. The number of carboxylic acid groups (broad SMARTS) is 1. The van der Waals surface area contributed by atoms with Crippen molar-refractivity contribution in [3.05, 3.63) is 24.3 Å². The van der Waals surface area contributed by atoms with Gasteiger partial charge in [0.2, 0.25) is 11.8 Å². The lowest BCUT2D eigenvalue weighted by atomic mass is 9.88. The maximum Gasteiger partial charge on any atom is 0.364 e. The third-order valence-corrected chi connectivity index (χ3v) is 19.1. The van der Waals surface area contributed by atoms with Crippen LogP contribution in [0.4, 0.5) is 0 Å². The van der Waals surface area contributed by atoms with E-state index in [4.69, 9.17) is 28.4 Å². The average Bonchev–Trinajstić information content (AvgIpc) is 0.760. The lowest BCUT2D eigenvalue weighted by Gasteiger charge is -2.50. The summed E-state index contributed by atoms with van der Waals surface area (Å²) in [4.78, 5) is 38.6. The number of amides is 2. The Morgan fingerprint density at radius 2 is 0.979 bits per heavy atom. The Morgan fingerprint density at radius 1 is 0.542 bits per heavy atom. The summed E-state index contributed by atoms with van der Waals surface area (Å²) in [6.07, 6.45) is 26.7. The molecule has 23 nitrogen and oxygen atoms in total. The monoisotopic (exact) mass is 1370 g/mol. The minimum Gasteiger partial charge on any atom is -0.477 e. The van der Waals surface area contributed by atoms with Crippen LogP contribution in [0.2, 0.25) is 0 Å². The molecule has 3 saturated heterocycles. The third kappa shape index (κ3) is 34.3. The zero-order valence-corrected chi connectivity index (χ0v) is 59.0. The van der Waals surface area contributed by atoms with E-state index in [1.165, 1.54) is 193 Å². The molecule has 18 unspecified atom stereocenters. The summed E-state index contributed by atoms with van der Waals surface area (Å²) in [5, 5.41) is 136. The molecule has 0 bridgehead atoms. The molecular formula is C73H134N2O21. The highest BCUT2D eigenvalue weighted by molar-refractivity contribution is 5.77. The van der Waals surface area contributed by atoms with Gasteiger partial charge in [-0.3, -0.25) is 9.59 Å². The molecule has 0 saturated carbocycles. The molecule has 0 aromatic rings. The van der Waals surface area contributed by atoms with Gasteiger partial charge in [0.25, 0.3) is 5.79 Å². The lowest BCUT2D eigenvalue weighted by molar-refractivity contribution is -0.386. The van der Waals surface area contributed by atoms with E-state index in [1.807, 2.05) is 6.08 Å². The average molecular weight is 1380 g/mol. The van der Waals surface area contributed by atoms with Gasteiger partial charge in [0.15, 0.2) is 12.6 Å². The predicted octanol–water partition coefficient (Wildman–Crippen LogP) is 8.40. The fraction of sp³-hybridized carbons (Fsp3) is 0.904. The topological polar surface area (TPSA) is 373 Å². The second-order valence-corrected chi connectivity index (χ2v) is 27.5. The summed E-state index contributed by atoms with van der Waals surface area (Å²) in [5.74, 6) is -6.14. The van der Waals surface area contributed by atoms with E-state index in [-0.39, 0.29) is 12.3 Å². The van der Waals surface area contributed by atoms with Crippen molar-refractivity contribution in [3.8, 4) is 0 Å². The number of allylic oxidation sites excluding steroid dienone is 3. The van der Waals surface area contributed by atoms with E-state index in [2.05, 4.69) is 36.6 Å². The molecule has 3 aliphatic rings. The van der Waals surface area contributed by atoms with Gasteiger partial charge in [0.05, 0.1) is 50.7 Å². The maximum atomic E-state index is 13.5. The van der Waals surface area contributed by atoms with Crippen LogP contribution in [0.1, 0.15) is 284 Å². The molecule has 3 heterocycles. The highest BCUT2D eigenvalue weighted by Crippen LogP contribution is 2.39. The summed E-state index contributed by atoms with van der Waals surface area (Å²) in [6, 6.07) is -2.62. The van der Waals surface area contributed by atoms with Crippen LogP contribution in [0.15, 0.2) is 24.3 Å². The van der Waals surface area contributed by atoms with Gasteiger partial charge in [-0.15, -0.1) is 0 Å². The summed E-state index contributed by atoms with van der Waals surface area (Å²) < 4.78 is 34.8. The Bertz CT molecular complexity index is 2030. The van der Waals surface area contributed by atoms with Gasteiger partial charge in [0, 0.05) is 19.8 Å². The Hall–Kier alpha value is -2.79. The summed E-state index contributed by atoms with van der Waals surface area (Å²) in [5.41, 5.74) is 0. The largest absolute Gasteiger partial charge is 0.477 e. The van der Waals surface area contributed by atoms with Crippen molar-refractivity contribution in [2.45, 2.75) is 394 Å². The first kappa shape index (κ1) is 87.4. The van der Waals surface area contributed by atoms with Gasteiger partial charge >= 0.3 is 5.97 Å². The van der Waals surface area contributed by atoms with Gasteiger partial charge in [-0.1, -0.05) is 244 Å². The molecule has 562 valence electrons. The molecule has 0 spiro atoms. The number of unbranched alkanes of at least 4 members (excludes halogenated alkanes) is 36. The molecule has 3 fully saturated rings. The number of nitrogens with one attached hydrogen (secondary N) is 2. The van der Waals surface area contributed by atoms with E-state index >= 15 is 0 Å². The fourth-order valence-corrected chi connectivity index (χ4v) is 13.1. The molecule has 23 heteroatoms. The molecule has 14 N–H and O–H groups in total. The Kier molecular flexibility index (Phi) is 48.3. The smallest absolute Gasteiger partial charge is 0.364 e.